The molecule has 27 heavy (non-hydrogen) atoms. The topological polar surface area (TPSA) is 40.5 Å². The van der Waals surface area contributed by atoms with Crippen molar-refractivity contribution in [3.05, 3.63) is 71.8 Å². The fraction of sp³-hybridized carbons (Fsp3) is 0.458. The largest absolute Gasteiger partial charge is 0.392 e. The van der Waals surface area contributed by atoms with E-state index in [2.05, 4.69) is 48.2 Å². The van der Waals surface area contributed by atoms with Gasteiger partial charge in [0.2, 0.25) is 0 Å². The Labute approximate surface area is 164 Å². The van der Waals surface area contributed by atoms with Crippen molar-refractivity contribution < 1.29 is 9.90 Å². The first kappa shape index (κ1) is 21.3. The van der Waals surface area contributed by atoms with Gasteiger partial charge in [-0.3, -0.25) is 9.69 Å². The van der Waals surface area contributed by atoms with Crippen molar-refractivity contribution in [3.8, 4) is 0 Å². The lowest BCUT2D eigenvalue weighted by atomic mass is 9.93. The van der Waals surface area contributed by atoms with Gasteiger partial charge >= 0.3 is 0 Å². The van der Waals surface area contributed by atoms with Crippen molar-refractivity contribution in [2.75, 3.05) is 13.1 Å². The van der Waals surface area contributed by atoms with Gasteiger partial charge in [-0.1, -0.05) is 67.6 Å². The maximum atomic E-state index is 12.9. The standard InChI is InChI=1S/C24H33NO2/c1-3-23(16-10-15-21-11-6-4-7-12-21)24(27)19-25(17-20(2)26)18-22-13-8-5-9-14-22/h4-9,11-14,20,23,26H,3,10,15-19H2,1-2H3. The van der Waals surface area contributed by atoms with Crippen LogP contribution < -0.4 is 0 Å². The third-order valence-corrected chi connectivity index (χ3v) is 4.96. The van der Waals surface area contributed by atoms with Crippen LogP contribution in [0.25, 0.3) is 0 Å². The third-order valence-electron chi connectivity index (χ3n) is 4.96. The molecule has 0 spiro atoms. The fourth-order valence-electron chi connectivity index (χ4n) is 3.54. The van der Waals surface area contributed by atoms with Gasteiger partial charge < -0.3 is 5.11 Å². The van der Waals surface area contributed by atoms with Gasteiger partial charge in [0.25, 0.3) is 0 Å². The Balaban J connectivity index is 1.88. The highest BCUT2D eigenvalue weighted by Gasteiger charge is 2.20. The first-order valence-corrected chi connectivity index (χ1v) is 10.1. The molecule has 0 saturated heterocycles. The van der Waals surface area contributed by atoms with Crippen LogP contribution in [0.4, 0.5) is 0 Å². The molecule has 1 N–H and O–H groups in total. The van der Waals surface area contributed by atoms with Crippen molar-refractivity contribution in [1.29, 1.82) is 0 Å². The molecule has 0 aromatic heterocycles. The van der Waals surface area contributed by atoms with Crippen LogP contribution in [-0.4, -0.2) is 35.0 Å². The van der Waals surface area contributed by atoms with E-state index in [1.807, 2.05) is 24.3 Å². The zero-order valence-electron chi connectivity index (χ0n) is 16.7. The molecule has 0 aliphatic rings. The van der Waals surface area contributed by atoms with Gasteiger partial charge in [0.1, 0.15) is 5.78 Å². The summed E-state index contributed by atoms with van der Waals surface area (Å²) in [6, 6.07) is 20.6. The van der Waals surface area contributed by atoms with E-state index < -0.39 is 6.10 Å². The molecule has 3 heteroatoms. The van der Waals surface area contributed by atoms with E-state index in [4.69, 9.17) is 0 Å². The molecule has 0 heterocycles. The first-order chi connectivity index (χ1) is 13.1. The molecule has 2 unspecified atom stereocenters. The summed E-state index contributed by atoms with van der Waals surface area (Å²) in [5, 5.41) is 9.82. The molecule has 2 rings (SSSR count). The van der Waals surface area contributed by atoms with Crippen LogP contribution >= 0.6 is 0 Å². The highest BCUT2D eigenvalue weighted by Crippen LogP contribution is 2.17. The van der Waals surface area contributed by atoms with Crippen molar-refractivity contribution in [2.45, 2.75) is 52.2 Å². The molecule has 2 atom stereocenters. The smallest absolute Gasteiger partial charge is 0.149 e. The zero-order chi connectivity index (χ0) is 19.5. The Bertz CT molecular complexity index is 655. The summed E-state index contributed by atoms with van der Waals surface area (Å²) >= 11 is 0. The summed E-state index contributed by atoms with van der Waals surface area (Å²) in [7, 11) is 0. The highest BCUT2D eigenvalue weighted by molar-refractivity contribution is 5.82. The number of aliphatic hydroxyl groups excluding tert-OH is 1. The molecule has 0 saturated carbocycles. The van der Waals surface area contributed by atoms with E-state index in [-0.39, 0.29) is 5.92 Å². The molecule has 0 fully saturated rings. The van der Waals surface area contributed by atoms with Crippen molar-refractivity contribution >= 4 is 5.78 Å². The Morgan fingerprint density at radius 2 is 1.59 bits per heavy atom. The van der Waals surface area contributed by atoms with Crippen LogP contribution in [0.15, 0.2) is 60.7 Å². The molecular formula is C24H33NO2. The number of Topliss-reactive ketones (excluding diaryl/α,β-unsaturated/α-hetero) is 1. The second-order valence-corrected chi connectivity index (χ2v) is 7.45. The van der Waals surface area contributed by atoms with Gasteiger partial charge in [-0.25, -0.2) is 0 Å². The molecule has 2 aromatic carbocycles. The lowest BCUT2D eigenvalue weighted by Gasteiger charge is -2.25. The average molecular weight is 368 g/mol. The van der Waals surface area contributed by atoms with Crippen LogP contribution in [0.3, 0.4) is 0 Å². The van der Waals surface area contributed by atoms with Gasteiger partial charge in [0.15, 0.2) is 0 Å². The summed E-state index contributed by atoms with van der Waals surface area (Å²) < 4.78 is 0. The summed E-state index contributed by atoms with van der Waals surface area (Å²) in [5.74, 6) is 0.392. The Kier molecular flexibility index (Phi) is 9.23. The molecule has 3 nitrogen and oxygen atoms in total. The second kappa shape index (κ2) is 11.7. The van der Waals surface area contributed by atoms with Crippen LogP contribution in [0.2, 0.25) is 0 Å². The normalized spacial score (nSPS) is 13.5. The van der Waals surface area contributed by atoms with Gasteiger partial charge in [-0.15, -0.1) is 0 Å². The summed E-state index contributed by atoms with van der Waals surface area (Å²) in [6.45, 7) is 5.49. The van der Waals surface area contributed by atoms with Crippen molar-refractivity contribution in [1.82, 2.24) is 4.90 Å². The third kappa shape index (κ3) is 8.06. The number of hydrogen-bond acceptors (Lipinski definition) is 3. The molecule has 146 valence electrons. The number of carbonyl (C=O) groups is 1. The van der Waals surface area contributed by atoms with Crippen molar-refractivity contribution in [2.24, 2.45) is 5.92 Å². The quantitative estimate of drug-likeness (QED) is 0.601. The Morgan fingerprint density at radius 3 is 2.15 bits per heavy atom. The molecular weight excluding hydrogens is 334 g/mol. The number of hydrogen-bond donors (Lipinski definition) is 1. The minimum absolute atomic E-state index is 0.0981. The van der Waals surface area contributed by atoms with Crippen molar-refractivity contribution in [3.63, 3.8) is 0 Å². The molecule has 0 aliphatic heterocycles. The maximum absolute atomic E-state index is 12.9. The number of nitrogens with zero attached hydrogens (tertiary/aromatic N) is 1. The van der Waals surface area contributed by atoms with E-state index in [9.17, 15) is 9.90 Å². The first-order valence-electron chi connectivity index (χ1n) is 10.1. The van der Waals surface area contributed by atoms with Crippen LogP contribution in [0, 0.1) is 5.92 Å². The van der Waals surface area contributed by atoms with Crippen LogP contribution in [-0.2, 0) is 17.8 Å². The number of aryl methyl sites for hydroxylation is 1. The molecule has 2 aromatic rings. The van der Waals surface area contributed by atoms with Crippen LogP contribution in [0.5, 0.6) is 0 Å². The number of ketones is 1. The van der Waals surface area contributed by atoms with E-state index in [0.717, 1.165) is 25.7 Å². The summed E-state index contributed by atoms with van der Waals surface area (Å²) in [6.07, 6.45) is 3.41. The van der Waals surface area contributed by atoms with Gasteiger partial charge in [0, 0.05) is 19.0 Å². The Hall–Kier alpha value is -1.97. The van der Waals surface area contributed by atoms with Gasteiger partial charge in [-0.2, -0.15) is 0 Å². The molecule has 0 radical (unpaired) electrons. The number of carbonyl (C=O) groups excluding carboxylic acids is 1. The zero-order valence-corrected chi connectivity index (χ0v) is 16.7. The number of benzene rings is 2. The summed E-state index contributed by atoms with van der Waals surface area (Å²) in [5.41, 5.74) is 2.50. The average Bonchev–Trinajstić information content (AvgIpc) is 2.66. The number of aliphatic hydroxyl groups is 1. The minimum Gasteiger partial charge on any atom is -0.392 e. The van der Waals surface area contributed by atoms with E-state index in [0.29, 0.717) is 25.4 Å². The van der Waals surface area contributed by atoms with E-state index in [1.54, 1.807) is 6.92 Å². The predicted octanol–water partition coefficient (Wildman–Crippen LogP) is 4.49. The highest BCUT2D eigenvalue weighted by atomic mass is 16.3. The minimum atomic E-state index is -0.445. The van der Waals surface area contributed by atoms with E-state index in [1.165, 1.54) is 11.1 Å². The molecule has 0 amide bonds. The monoisotopic (exact) mass is 367 g/mol. The molecule has 0 bridgehead atoms. The lowest BCUT2D eigenvalue weighted by Crippen LogP contribution is -2.37. The number of rotatable bonds is 12. The predicted molar refractivity (Wildman–Crippen MR) is 112 cm³/mol. The second-order valence-electron chi connectivity index (χ2n) is 7.45. The summed E-state index contributed by atoms with van der Waals surface area (Å²) in [4.78, 5) is 14.9. The van der Waals surface area contributed by atoms with Crippen LogP contribution in [0.1, 0.15) is 44.2 Å². The Morgan fingerprint density at radius 1 is 1.00 bits per heavy atom. The fourth-order valence-corrected chi connectivity index (χ4v) is 3.54. The van der Waals surface area contributed by atoms with Gasteiger partial charge in [-0.05, 0) is 43.7 Å². The maximum Gasteiger partial charge on any atom is 0.149 e. The molecule has 0 aliphatic carbocycles. The SMILES string of the molecule is CCC(CCCc1ccccc1)C(=O)CN(Cc1ccccc1)CC(C)O. The van der Waals surface area contributed by atoms with E-state index >= 15 is 0 Å². The van der Waals surface area contributed by atoms with Gasteiger partial charge in [0.05, 0.1) is 12.6 Å². The lowest BCUT2D eigenvalue weighted by molar-refractivity contribution is -0.124.